The van der Waals surface area contributed by atoms with E-state index in [-0.39, 0.29) is 10.8 Å². The standard InChI is InChI=1S/C15H18N2O2S/c1-11-5-3-4-6-13(11)9-16-14(18)7-8-17-12(2)10-20-15(17)19/h3-6,10H,7-9H2,1-2H3,(H,16,18). The van der Waals surface area contributed by atoms with Gasteiger partial charge in [0.2, 0.25) is 5.91 Å². The number of aryl methyl sites for hydroxylation is 2. The van der Waals surface area contributed by atoms with Crippen LogP contribution in [0.2, 0.25) is 0 Å². The predicted molar refractivity (Wildman–Crippen MR) is 81.0 cm³/mol. The fraction of sp³-hybridized carbons (Fsp3) is 0.333. The number of hydrogen-bond donors (Lipinski definition) is 1. The molecule has 2 rings (SSSR count). The van der Waals surface area contributed by atoms with Gasteiger partial charge in [0.1, 0.15) is 0 Å². The van der Waals surface area contributed by atoms with Crippen molar-refractivity contribution in [3.05, 3.63) is 56.1 Å². The summed E-state index contributed by atoms with van der Waals surface area (Å²) in [6, 6.07) is 7.97. The van der Waals surface area contributed by atoms with Gasteiger partial charge in [-0.2, -0.15) is 0 Å². The number of nitrogens with one attached hydrogen (secondary N) is 1. The minimum atomic E-state index is -0.0363. The number of benzene rings is 1. The molecule has 1 aromatic heterocycles. The summed E-state index contributed by atoms with van der Waals surface area (Å²) < 4.78 is 1.64. The van der Waals surface area contributed by atoms with Gasteiger partial charge in [-0.1, -0.05) is 35.6 Å². The van der Waals surface area contributed by atoms with E-state index in [4.69, 9.17) is 0 Å². The summed E-state index contributed by atoms with van der Waals surface area (Å²) in [5, 5.41) is 4.70. The predicted octanol–water partition coefficient (Wildman–Crippen LogP) is 2.23. The molecule has 20 heavy (non-hydrogen) atoms. The number of nitrogens with zero attached hydrogens (tertiary/aromatic N) is 1. The van der Waals surface area contributed by atoms with Crippen molar-refractivity contribution in [1.82, 2.24) is 9.88 Å². The third-order valence-electron chi connectivity index (χ3n) is 3.28. The highest BCUT2D eigenvalue weighted by Crippen LogP contribution is 2.06. The van der Waals surface area contributed by atoms with Gasteiger partial charge in [-0.15, -0.1) is 0 Å². The van der Waals surface area contributed by atoms with Crippen LogP contribution in [0.3, 0.4) is 0 Å². The lowest BCUT2D eigenvalue weighted by atomic mass is 10.1. The topological polar surface area (TPSA) is 51.1 Å². The number of hydrogen-bond acceptors (Lipinski definition) is 3. The molecule has 0 aliphatic rings. The van der Waals surface area contributed by atoms with E-state index in [1.54, 1.807) is 4.57 Å². The molecule has 4 nitrogen and oxygen atoms in total. The Hall–Kier alpha value is -1.88. The summed E-state index contributed by atoms with van der Waals surface area (Å²) in [6.07, 6.45) is 0.323. The maximum atomic E-state index is 11.8. The van der Waals surface area contributed by atoms with Crippen molar-refractivity contribution in [2.45, 2.75) is 33.4 Å². The smallest absolute Gasteiger partial charge is 0.307 e. The van der Waals surface area contributed by atoms with Crippen molar-refractivity contribution in [3.63, 3.8) is 0 Å². The van der Waals surface area contributed by atoms with Crippen LogP contribution in [0, 0.1) is 13.8 Å². The van der Waals surface area contributed by atoms with E-state index in [2.05, 4.69) is 5.32 Å². The molecule has 5 heteroatoms. The first kappa shape index (κ1) is 14.5. The molecule has 106 valence electrons. The first-order valence-electron chi connectivity index (χ1n) is 6.54. The number of carbonyl (C=O) groups excluding carboxylic acids is 1. The number of aromatic nitrogens is 1. The Morgan fingerprint density at radius 1 is 1.30 bits per heavy atom. The zero-order chi connectivity index (χ0) is 14.5. The molecule has 1 amide bonds. The molecule has 2 aromatic rings. The van der Waals surface area contributed by atoms with Crippen molar-refractivity contribution in [2.24, 2.45) is 0 Å². The van der Waals surface area contributed by atoms with Gasteiger partial charge in [0, 0.05) is 30.6 Å². The zero-order valence-electron chi connectivity index (χ0n) is 11.7. The minimum Gasteiger partial charge on any atom is -0.352 e. The first-order valence-corrected chi connectivity index (χ1v) is 7.42. The van der Waals surface area contributed by atoms with Crippen LogP contribution in [0.5, 0.6) is 0 Å². The number of carbonyl (C=O) groups is 1. The summed E-state index contributed by atoms with van der Waals surface area (Å²) in [7, 11) is 0. The van der Waals surface area contributed by atoms with E-state index in [0.717, 1.165) is 16.8 Å². The van der Waals surface area contributed by atoms with Crippen LogP contribution < -0.4 is 10.2 Å². The van der Waals surface area contributed by atoms with Gasteiger partial charge in [0.15, 0.2) is 0 Å². The third-order valence-corrected chi connectivity index (χ3v) is 4.16. The summed E-state index contributed by atoms with van der Waals surface area (Å²) in [5.74, 6) is -0.0363. The van der Waals surface area contributed by atoms with Gasteiger partial charge in [-0.3, -0.25) is 9.59 Å². The summed E-state index contributed by atoms with van der Waals surface area (Å²) in [6.45, 7) is 4.87. The van der Waals surface area contributed by atoms with Crippen molar-refractivity contribution in [1.29, 1.82) is 0 Å². The van der Waals surface area contributed by atoms with Crippen LogP contribution in [0.1, 0.15) is 23.2 Å². The lowest BCUT2D eigenvalue weighted by molar-refractivity contribution is -0.121. The fourth-order valence-electron chi connectivity index (χ4n) is 1.98. The molecular weight excluding hydrogens is 272 g/mol. The highest BCUT2D eigenvalue weighted by Gasteiger charge is 2.06. The van der Waals surface area contributed by atoms with Gasteiger partial charge < -0.3 is 9.88 Å². The Morgan fingerprint density at radius 3 is 2.70 bits per heavy atom. The van der Waals surface area contributed by atoms with E-state index in [9.17, 15) is 9.59 Å². The Kier molecular flexibility index (Phi) is 4.74. The normalized spacial score (nSPS) is 10.5. The number of rotatable bonds is 5. The molecule has 1 heterocycles. The Morgan fingerprint density at radius 2 is 2.05 bits per heavy atom. The van der Waals surface area contributed by atoms with Crippen LogP contribution in [0.25, 0.3) is 0 Å². The van der Waals surface area contributed by atoms with Crippen molar-refractivity contribution >= 4 is 17.2 Å². The van der Waals surface area contributed by atoms with Crippen molar-refractivity contribution in [2.75, 3.05) is 0 Å². The second-order valence-electron chi connectivity index (χ2n) is 4.75. The maximum Gasteiger partial charge on any atom is 0.307 e. The Bertz CT molecular complexity index is 658. The second-order valence-corrected chi connectivity index (χ2v) is 5.57. The molecule has 0 fully saturated rings. The lowest BCUT2D eigenvalue weighted by Crippen LogP contribution is -2.26. The van der Waals surface area contributed by atoms with Crippen LogP contribution in [-0.4, -0.2) is 10.5 Å². The van der Waals surface area contributed by atoms with E-state index >= 15 is 0 Å². The largest absolute Gasteiger partial charge is 0.352 e. The van der Waals surface area contributed by atoms with E-state index in [1.807, 2.05) is 43.5 Å². The minimum absolute atomic E-state index is 0.00537. The van der Waals surface area contributed by atoms with E-state index < -0.39 is 0 Å². The van der Waals surface area contributed by atoms with Crippen LogP contribution in [0.15, 0.2) is 34.4 Å². The number of thiazole rings is 1. The number of amides is 1. The van der Waals surface area contributed by atoms with Gasteiger partial charge in [-0.05, 0) is 25.0 Å². The van der Waals surface area contributed by atoms with Crippen molar-refractivity contribution in [3.8, 4) is 0 Å². The molecule has 0 aliphatic carbocycles. The highest BCUT2D eigenvalue weighted by atomic mass is 32.1. The summed E-state index contributed by atoms with van der Waals surface area (Å²) in [4.78, 5) is 23.3. The van der Waals surface area contributed by atoms with Crippen LogP contribution in [0.4, 0.5) is 0 Å². The highest BCUT2D eigenvalue weighted by molar-refractivity contribution is 7.07. The third kappa shape index (κ3) is 3.57. The van der Waals surface area contributed by atoms with E-state index in [0.29, 0.717) is 19.5 Å². The molecule has 1 N–H and O–H groups in total. The SMILES string of the molecule is Cc1ccccc1CNC(=O)CCn1c(C)csc1=O. The monoisotopic (exact) mass is 290 g/mol. The van der Waals surface area contributed by atoms with Crippen molar-refractivity contribution < 1.29 is 4.79 Å². The molecule has 1 aromatic carbocycles. The Labute approximate surface area is 122 Å². The zero-order valence-corrected chi connectivity index (χ0v) is 12.5. The molecule has 0 atom stereocenters. The maximum absolute atomic E-state index is 11.8. The van der Waals surface area contributed by atoms with Gasteiger partial charge in [0.25, 0.3) is 0 Å². The summed E-state index contributed by atoms with van der Waals surface area (Å²) in [5.41, 5.74) is 3.19. The van der Waals surface area contributed by atoms with Gasteiger partial charge in [-0.25, -0.2) is 0 Å². The van der Waals surface area contributed by atoms with Crippen LogP contribution in [-0.2, 0) is 17.9 Å². The van der Waals surface area contributed by atoms with Gasteiger partial charge in [0.05, 0.1) is 0 Å². The first-order chi connectivity index (χ1) is 9.58. The Balaban J connectivity index is 1.85. The molecule has 0 saturated carbocycles. The van der Waals surface area contributed by atoms with Crippen LogP contribution >= 0.6 is 11.3 Å². The van der Waals surface area contributed by atoms with E-state index in [1.165, 1.54) is 11.3 Å². The molecule has 0 bridgehead atoms. The second kappa shape index (κ2) is 6.52. The quantitative estimate of drug-likeness (QED) is 0.918. The molecule has 0 saturated heterocycles. The molecular formula is C15H18N2O2S. The molecule has 0 aliphatic heterocycles. The summed E-state index contributed by atoms with van der Waals surface area (Å²) >= 11 is 1.17. The fourth-order valence-corrected chi connectivity index (χ4v) is 2.74. The average Bonchev–Trinajstić information content (AvgIpc) is 2.75. The molecule has 0 radical (unpaired) electrons. The van der Waals surface area contributed by atoms with Gasteiger partial charge >= 0.3 is 4.87 Å². The average molecular weight is 290 g/mol. The molecule has 0 spiro atoms. The molecule has 0 unspecified atom stereocenters. The lowest BCUT2D eigenvalue weighted by Gasteiger charge is -2.08.